The molecule has 1 aliphatic heterocycles. The van der Waals surface area contributed by atoms with E-state index in [-0.39, 0.29) is 17.4 Å². The van der Waals surface area contributed by atoms with E-state index in [1.807, 2.05) is 0 Å². The Morgan fingerprint density at radius 1 is 1.36 bits per heavy atom. The van der Waals surface area contributed by atoms with Crippen molar-refractivity contribution in [3.05, 3.63) is 35.6 Å². The summed E-state index contributed by atoms with van der Waals surface area (Å²) in [7, 11) is 0. The van der Waals surface area contributed by atoms with Gasteiger partial charge in [0.1, 0.15) is 11.9 Å². The molecule has 0 radical (unpaired) electrons. The van der Waals surface area contributed by atoms with E-state index in [9.17, 15) is 14.0 Å². The van der Waals surface area contributed by atoms with Gasteiger partial charge in [0.05, 0.1) is 0 Å². The van der Waals surface area contributed by atoms with E-state index in [1.165, 1.54) is 36.3 Å². The fourth-order valence-corrected chi connectivity index (χ4v) is 3.87. The second-order valence-electron chi connectivity index (χ2n) is 7.47. The van der Waals surface area contributed by atoms with E-state index in [0.29, 0.717) is 25.2 Å². The first-order valence-electron chi connectivity index (χ1n) is 9.06. The summed E-state index contributed by atoms with van der Waals surface area (Å²) in [4.78, 5) is 26.6. The van der Waals surface area contributed by atoms with E-state index in [4.69, 9.17) is 0 Å². The molecule has 0 aromatic heterocycles. The van der Waals surface area contributed by atoms with Crippen LogP contribution in [0.4, 0.5) is 9.18 Å². The van der Waals surface area contributed by atoms with Crippen molar-refractivity contribution >= 4 is 11.9 Å². The van der Waals surface area contributed by atoms with Crippen molar-refractivity contribution < 1.29 is 14.0 Å². The number of carbonyl (C=O) groups excluding carboxylic acids is 2. The number of rotatable bonds is 3. The molecular weight excluding hydrogens is 321 g/mol. The normalized spacial score (nSPS) is 23.0. The molecule has 6 heteroatoms. The van der Waals surface area contributed by atoms with Gasteiger partial charge in [-0.25, -0.2) is 9.18 Å². The SMILES string of the molecule is CC1(CNC(=O)N2CCNC(=O)[C@@H]2c2cccc(F)c2)CCCCC1. The maximum atomic E-state index is 13.6. The molecule has 3 rings (SSSR count). The summed E-state index contributed by atoms with van der Waals surface area (Å²) in [6.07, 6.45) is 5.88. The van der Waals surface area contributed by atoms with Gasteiger partial charge in [0, 0.05) is 19.6 Å². The first kappa shape index (κ1) is 17.7. The molecule has 1 saturated carbocycles. The zero-order valence-electron chi connectivity index (χ0n) is 14.7. The van der Waals surface area contributed by atoms with Crippen LogP contribution in [0.5, 0.6) is 0 Å². The van der Waals surface area contributed by atoms with Crippen molar-refractivity contribution in [3.8, 4) is 0 Å². The van der Waals surface area contributed by atoms with Crippen LogP contribution in [0.2, 0.25) is 0 Å². The van der Waals surface area contributed by atoms with Gasteiger partial charge >= 0.3 is 6.03 Å². The molecule has 136 valence electrons. The van der Waals surface area contributed by atoms with Gasteiger partial charge in [0.15, 0.2) is 0 Å². The lowest BCUT2D eigenvalue weighted by Gasteiger charge is -2.38. The highest BCUT2D eigenvalue weighted by atomic mass is 19.1. The molecule has 1 aromatic rings. The molecule has 1 aromatic carbocycles. The molecule has 3 amide bonds. The van der Waals surface area contributed by atoms with Gasteiger partial charge in [-0.15, -0.1) is 0 Å². The van der Waals surface area contributed by atoms with Gasteiger partial charge < -0.3 is 15.5 Å². The number of hydrogen-bond donors (Lipinski definition) is 2. The van der Waals surface area contributed by atoms with Gasteiger partial charge in [-0.05, 0) is 36.0 Å². The van der Waals surface area contributed by atoms with E-state index in [0.717, 1.165) is 12.8 Å². The second-order valence-corrected chi connectivity index (χ2v) is 7.47. The van der Waals surface area contributed by atoms with Gasteiger partial charge in [-0.1, -0.05) is 38.3 Å². The Hall–Kier alpha value is -2.11. The third-order valence-electron chi connectivity index (χ3n) is 5.36. The highest BCUT2D eigenvalue weighted by Crippen LogP contribution is 2.35. The minimum Gasteiger partial charge on any atom is -0.352 e. The Labute approximate surface area is 148 Å². The van der Waals surface area contributed by atoms with Crippen LogP contribution in [0.15, 0.2) is 24.3 Å². The zero-order valence-corrected chi connectivity index (χ0v) is 14.7. The Morgan fingerprint density at radius 2 is 2.12 bits per heavy atom. The third-order valence-corrected chi connectivity index (χ3v) is 5.36. The van der Waals surface area contributed by atoms with Crippen molar-refractivity contribution in [1.82, 2.24) is 15.5 Å². The Balaban J connectivity index is 1.71. The molecule has 1 aliphatic carbocycles. The minimum absolute atomic E-state index is 0.125. The van der Waals surface area contributed by atoms with Gasteiger partial charge in [-0.3, -0.25) is 4.79 Å². The molecule has 2 aliphatic rings. The Bertz CT molecular complexity index is 643. The van der Waals surface area contributed by atoms with Crippen molar-refractivity contribution in [2.45, 2.75) is 45.1 Å². The second kappa shape index (κ2) is 7.42. The molecule has 0 bridgehead atoms. The van der Waals surface area contributed by atoms with Crippen LogP contribution in [0.1, 0.15) is 50.6 Å². The number of hydrogen-bond acceptors (Lipinski definition) is 2. The molecule has 0 spiro atoms. The fourth-order valence-electron chi connectivity index (χ4n) is 3.87. The van der Waals surface area contributed by atoms with Crippen LogP contribution in [0, 0.1) is 11.2 Å². The van der Waals surface area contributed by atoms with Gasteiger partial charge in [0.25, 0.3) is 0 Å². The Kier molecular flexibility index (Phi) is 5.25. The number of urea groups is 1. The highest BCUT2D eigenvalue weighted by molar-refractivity contribution is 5.89. The van der Waals surface area contributed by atoms with E-state index < -0.39 is 11.9 Å². The largest absolute Gasteiger partial charge is 0.352 e. The predicted octanol–water partition coefficient (Wildman–Crippen LogP) is 2.98. The number of amides is 3. The van der Waals surface area contributed by atoms with E-state index >= 15 is 0 Å². The third kappa shape index (κ3) is 4.11. The number of nitrogens with zero attached hydrogens (tertiary/aromatic N) is 1. The number of nitrogens with one attached hydrogen (secondary N) is 2. The average molecular weight is 347 g/mol. The number of piperazine rings is 1. The summed E-state index contributed by atoms with van der Waals surface area (Å²) < 4.78 is 13.6. The van der Waals surface area contributed by atoms with Crippen LogP contribution in [0.25, 0.3) is 0 Å². The maximum Gasteiger partial charge on any atom is 0.318 e. The van der Waals surface area contributed by atoms with Gasteiger partial charge in [-0.2, -0.15) is 0 Å². The highest BCUT2D eigenvalue weighted by Gasteiger charge is 2.35. The molecule has 25 heavy (non-hydrogen) atoms. The molecule has 5 nitrogen and oxygen atoms in total. The zero-order chi connectivity index (χ0) is 17.9. The Morgan fingerprint density at radius 3 is 2.84 bits per heavy atom. The van der Waals surface area contributed by atoms with Crippen LogP contribution in [0.3, 0.4) is 0 Å². The molecule has 0 unspecified atom stereocenters. The molecule has 1 atom stereocenters. The van der Waals surface area contributed by atoms with Crippen LogP contribution in [-0.2, 0) is 4.79 Å². The first-order chi connectivity index (χ1) is 12.0. The monoisotopic (exact) mass is 347 g/mol. The molecule has 1 saturated heterocycles. The van der Waals surface area contributed by atoms with Crippen molar-refractivity contribution in [1.29, 1.82) is 0 Å². The summed E-state index contributed by atoms with van der Waals surface area (Å²) in [6, 6.07) is 4.85. The molecule has 2 fully saturated rings. The first-order valence-corrected chi connectivity index (χ1v) is 9.06. The lowest BCUT2D eigenvalue weighted by atomic mass is 9.76. The maximum absolute atomic E-state index is 13.6. The van der Waals surface area contributed by atoms with E-state index in [1.54, 1.807) is 12.1 Å². The standard InChI is InChI=1S/C19H26FN3O2/c1-19(8-3-2-4-9-19)13-22-18(25)23-11-10-21-17(24)16(23)14-6-5-7-15(20)12-14/h5-7,12,16H,2-4,8-11,13H2,1H3,(H,21,24)(H,22,25)/t16-/m0/s1. The van der Waals surface area contributed by atoms with Crippen LogP contribution >= 0.6 is 0 Å². The van der Waals surface area contributed by atoms with Crippen molar-refractivity contribution in [2.24, 2.45) is 5.41 Å². The van der Waals surface area contributed by atoms with Crippen LogP contribution in [-0.4, -0.2) is 36.5 Å². The van der Waals surface area contributed by atoms with Crippen LogP contribution < -0.4 is 10.6 Å². The quantitative estimate of drug-likeness (QED) is 0.883. The fraction of sp³-hybridized carbons (Fsp3) is 0.579. The molecule has 2 N–H and O–H groups in total. The predicted molar refractivity (Wildman–Crippen MR) is 93.4 cm³/mol. The summed E-state index contributed by atoms with van der Waals surface area (Å²) in [5.41, 5.74) is 0.622. The lowest BCUT2D eigenvalue weighted by molar-refractivity contribution is -0.127. The molecule has 1 heterocycles. The summed E-state index contributed by atoms with van der Waals surface area (Å²) in [5.74, 6) is -0.679. The average Bonchev–Trinajstić information content (AvgIpc) is 2.60. The summed E-state index contributed by atoms with van der Waals surface area (Å²) in [5, 5.41) is 5.78. The van der Waals surface area contributed by atoms with Crippen molar-refractivity contribution in [3.63, 3.8) is 0 Å². The lowest BCUT2D eigenvalue weighted by Crippen LogP contribution is -2.55. The summed E-state index contributed by atoms with van der Waals surface area (Å²) in [6.45, 7) is 3.64. The molecular formula is C19H26FN3O2. The number of benzene rings is 1. The summed E-state index contributed by atoms with van der Waals surface area (Å²) >= 11 is 0. The van der Waals surface area contributed by atoms with Crippen molar-refractivity contribution in [2.75, 3.05) is 19.6 Å². The smallest absolute Gasteiger partial charge is 0.318 e. The number of halogens is 1. The topological polar surface area (TPSA) is 61.4 Å². The minimum atomic E-state index is -0.788. The van der Waals surface area contributed by atoms with E-state index in [2.05, 4.69) is 17.6 Å². The number of carbonyl (C=O) groups is 2. The van der Waals surface area contributed by atoms with Gasteiger partial charge in [0.2, 0.25) is 5.91 Å².